The Labute approximate surface area is 204 Å². The van der Waals surface area contributed by atoms with Crippen LogP contribution in [0.4, 0.5) is 0 Å². The molecular weight excluding hydrogens is 480 g/mol. The number of aromatic nitrogens is 4. The second kappa shape index (κ2) is 9.62. The predicted molar refractivity (Wildman–Crippen MR) is 129 cm³/mol. The van der Waals surface area contributed by atoms with Crippen LogP contribution in [0.25, 0.3) is 10.6 Å². The van der Waals surface area contributed by atoms with E-state index in [0.717, 1.165) is 56.6 Å². The largest absolute Gasteiger partial charge is 0.485 e. The fourth-order valence-corrected chi connectivity index (χ4v) is 5.50. The minimum Gasteiger partial charge on any atom is -0.485 e. The van der Waals surface area contributed by atoms with Crippen molar-refractivity contribution in [1.82, 2.24) is 19.7 Å². The average Bonchev–Trinajstić information content (AvgIpc) is 3.55. The van der Waals surface area contributed by atoms with Crippen LogP contribution >= 0.6 is 34.7 Å². The number of thiazole rings is 1. The minimum absolute atomic E-state index is 0.267. The second-order valence-corrected chi connectivity index (χ2v) is 9.58. The van der Waals surface area contributed by atoms with Crippen molar-refractivity contribution in [2.75, 3.05) is 6.79 Å². The molecule has 5 rings (SSSR count). The summed E-state index contributed by atoms with van der Waals surface area (Å²) in [5.41, 5.74) is 3.01. The zero-order valence-corrected chi connectivity index (χ0v) is 20.5. The number of benzene rings is 2. The van der Waals surface area contributed by atoms with E-state index in [1.165, 1.54) is 0 Å². The van der Waals surface area contributed by atoms with Gasteiger partial charge >= 0.3 is 0 Å². The van der Waals surface area contributed by atoms with Crippen molar-refractivity contribution in [3.63, 3.8) is 0 Å². The van der Waals surface area contributed by atoms with Crippen LogP contribution < -0.4 is 14.2 Å². The zero-order chi connectivity index (χ0) is 22.8. The summed E-state index contributed by atoms with van der Waals surface area (Å²) in [6, 6.07) is 11.5. The molecule has 1 aliphatic rings. The van der Waals surface area contributed by atoms with Gasteiger partial charge in [-0.1, -0.05) is 23.4 Å². The minimum atomic E-state index is 0.267. The van der Waals surface area contributed by atoms with Gasteiger partial charge in [-0.15, -0.1) is 21.5 Å². The van der Waals surface area contributed by atoms with Crippen LogP contribution in [0, 0.1) is 6.92 Å². The highest BCUT2D eigenvalue weighted by atomic mass is 35.5. The van der Waals surface area contributed by atoms with Crippen molar-refractivity contribution in [1.29, 1.82) is 0 Å². The summed E-state index contributed by atoms with van der Waals surface area (Å²) in [5, 5.41) is 13.3. The third kappa shape index (κ3) is 4.80. The Morgan fingerprint density at radius 1 is 1.15 bits per heavy atom. The lowest BCUT2D eigenvalue weighted by atomic mass is 10.2. The molecule has 0 bridgehead atoms. The Morgan fingerprint density at radius 2 is 2.03 bits per heavy atom. The maximum absolute atomic E-state index is 6.03. The molecule has 0 amide bonds. The topological polar surface area (TPSA) is 71.3 Å². The predicted octanol–water partition coefficient (Wildman–Crippen LogP) is 5.98. The molecule has 170 valence electrons. The van der Waals surface area contributed by atoms with Crippen LogP contribution in [-0.2, 0) is 18.9 Å². The molecule has 0 fully saturated rings. The molecular formula is C23H21ClN4O3S2. The van der Waals surface area contributed by atoms with Crippen LogP contribution in [0.2, 0.25) is 5.02 Å². The molecule has 0 spiro atoms. The van der Waals surface area contributed by atoms with Crippen molar-refractivity contribution in [2.24, 2.45) is 0 Å². The van der Waals surface area contributed by atoms with Crippen LogP contribution in [0.3, 0.4) is 0 Å². The molecule has 0 radical (unpaired) electrons. The van der Waals surface area contributed by atoms with E-state index < -0.39 is 0 Å². The molecule has 4 aromatic rings. The van der Waals surface area contributed by atoms with Gasteiger partial charge in [0, 0.05) is 28.3 Å². The average molecular weight is 501 g/mol. The molecule has 2 aromatic heterocycles. The standard InChI is InChI=1S/C23H21ClN4O3S2/c1-3-28-21(10-29-18-7-5-16(24)8-14(18)2)26-27-23(28)33-12-17-11-32-22(25-17)15-4-6-19-20(9-15)31-13-30-19/h4-9,11H,3,10,12-13H2,1-2H3. The number of hydrogen-bond donors (Lipinski definition) is 0. The molecule has 0 atom stereocenters. The molecule has 0 saturated carbocycles. The quantitative estimate of drug-likeness (QED) is 0.275. The third-order valence-electron chi connectivity index (χ3n) is 5.12. The molecule has 33 heavy (non-hydrogen) atoms. The number of ether oxygens (including phenoxy) is 3. The van der Waals surface area contributed by atoms with E-state index in [2.05, 4.69) is 27.1 Å². The van der Waals surface area contributed by atoms with E-state index >= 15 is 0 Å². The number of thioether (sulfide) groups is 1. The van der Waals surface area contributed by atoms with Crippen LogP contribution in [0.1, 0.15) is 24.0 Å². The molecule has 0 N–H and O–H groups in total. The van der Waals surface area contributed by atoms with Crippen molar-refractivity contribution >= 4 is 34.7 Å². The number of hydrogen-bond acceptors (Lipinski definition) is 8. The number of aryl methyl sites for hydroxylation is 1. The van der Waals surface area contributed by atoms with Gasteiger partial charge in [0.15, 0.2) is 22.5 Å². The molecule has 3 heterocycles. The lowest BCUT2D eigenvalue weighted by Gasteiger charge is -2.10. The normalized spacial score (nSPS) is 12.3. The number of halogens is 1. The fraction of sp³-hybridized carbons (Fsp3) is 0.261. The zero-order valence-electron chi connectivity index (χ0n) is 18.1. The molecule has 10 heteroatoms. The molecule has 7 nitrogen and oxygen atoms in total. The summed E-state index contributed by atoms with van der Waals surface area (Å²) in [7, 11) is 0. The van der Waals surface area contributed by atoms with Gasteiger partial charge in [-0.05, 0) is 55.8 Å². The first-order chi connectivity index (χ1) is 16.1. The highest BCUT2D eigenvalue weighted by Crippen LogP contribution is 2.37. The van der Waals surface area contributed by atoms with Crippen LogP contribution in [-0.4, -0.2) is 26.5 Å². The van der Waals surface area contributed by atoms with Gasteiger partial charge in [-0.25, -0.2) is 4.98 Å². The smallest absolute Gasteiger partial charge is 0.231 e. The van der Waals surface area contributed by atoms with Gasteiger partial charge in [-0.2, -0.15) is 0 Å². The van der Waals surface area contributed by atoms with Crippen molar-refractivity contribution in [3.05, 3.63) is 63.9 Å². The highest BCUT2D eigenvalue weighted by molar-refractivity contribution is 7.98. The van der Waals surface area contributed by atoms with Crippen molar-refractivity contribution in [3.8, 4) is 27.8 Å². The summed E-state index contributed by atoms with van der Waals surface area (Å²) in [6.07, 6.45) is 0. The lowest BCUT2D eigenvalue weighted by molar-refractivity contribution is 0.174. The van der Waals surface area contributed by atoms with E-state index in [4.69, 9.17) is 30.8 Å². The van der Waals surface area contributed by atoms with Gasteiger partial charge in [-0.3, -0.25) is 0 Å². The summed E-state index contributed by atoms with van der Waals surface area (Å²) in [6.45, 7) is 5.41. The fourth-order valence-electron chi connectivity index (χ4n) is 3.44. The van der Waals surface area contributed by atoms with Gasteiger partial charge in [0.2, 0.25) is 6.79 Å². The molecule has 2 aromatic carbocycles. The second-order valence-electron chi connectivity index (χ2n) is 7.34. The van der Waals surface area contributed by atoms with E-state index in [9.17, 15) is 0 Å². The highest BCUT2D eigenvalue weighted by Gasteiger charge is 2.16. The molecule has 0 saturated heterocycles. The first kappa shape index (κ1) is 22.1. The monoisotopic (exact) mass is 500 g/mol. The Balaban J connectivity index is 1.24. The Bertz CT molecular complexity index is 1290. The summed E-state index contributed by atoms with van der Waals surface area (Å²) in [4.78, 5) is 4.78. The summed E-state index contributed by atoms with van der Waals surface area (Å²) in [5.74, 6) is 3.82. The first-order valence-corrected chi connectivity index (χ1v) is 12.6. The SMILES string of the molecule is CCn1c(COc2ccc(Cl)cc2C)nnc1SCc1csc(-c2ccc3c(c2)OCO3)n1. The van der Waals surface area contributed by atoms with E-state index in [0.29, 0.717) is 17.4 Å². The third-order valence-corrected chi connectivity index (χ3v) is 7.30. The van der Waals surface area contributed by atoms with Crippen molar-refractivity contribution in [2.45, 2.75) is 37.9 Å². The van der Waals surface area contributed by atoms with Crippen molar-refractivity contribution < 1.29 is 14.2 Å². The lowest BCUT2D eigenvalue weighted by Crippen LogP contribution is -2.07. The Morgan fingerprint density at radius 3 is 2.88 bits per heavy atom. The maximum Gasteiger partial charge on any atom is 0.231 e. The Hall–Kier alpha value is -2.75. The molecule has 0 aliphatic carbocycles. The van der Waals surface area contributed by atoms with E-state index in [1.54, 1.807) is 23.1 Å². The van der Waals surface area contributed by atoms with Gasteiger partial charge < -0.3 is 18.8 Å². The molecule has 1 aliphatic heterocycles. The summed E-state index contributed by atoms with van der Waals surface area (Å²) < 4.78 is 18.9. The van der Waals surface area contributed by atoms with E-state index in [-0.39, 0.29) is 6.79 Å². The number of fused-ring (bicyclic) bond motifs is 1. The van der Waals surface area contributed by atoms with Gasteiger partial charge in [0.05, 0.1) is 5.69 Å². The van der Waals surface area contributed by atoms with Crippen LogP contribution in [0.5, 0.6) is 17.2 Å². The maximum atomic E-state index is 6.03. The van der Waals surface area contributed by atoms with Gasteiger partial charge in [0.25, 0.3) is 0 Å². The summed E-state index contributed by atoms with van der Waals surface area (Å²) >= 11 is 9.26. The van der Waals surface area contributed by atoms with Gasteiger partial charge in [0.1, 0.15) is 17.4 Å². The van der Waals surface area contributed by atoms with E-state index in [1.807, 2.05) is 43.3 Å². The van der Waals surface area contributed by atoms with Crippen LogP contribution in [0.15, 0.2) is 46.9 Å². The number of rotatable bonds is 8. The number of nitrogens with zero attached hydrogens (tertiary/aromatic N) is 4. The first-order valence-electron chi connectivity index (χ1n) is 10.4. The molecule has 0 unspecified atom stereocenters. The Kier molecular flexibility index (Phi) is 6.43.